The number of ether oxygens (including phenoxy) is 1. The van der Waals surface area contributed by atoms with Gasteiger partial charge in [-0.3, -0.25) is 9.80 Å². The maximum absolute atomic E-state index is 12.7. The van der Waals surface area contributed by atoms with E-state index in [1.807, 2.05) is 42.5 Å². The van der Waals surface area contributed by atoms with Gasteiger partial charge in [0.25, 0.3) is 0 Å². The van der Waals surface area contributed by atoms with Crippen LogP contribution in [0.1, 0.15) is 34.3 Å². The Balaban J connectivity index is 1.46. The Kier molecular flexibility index (Phi) is 7.05. The van der Waals surface area contributed by atoms with Crippen molar-refractivity contribution < 1.29 is 14.3 Å². The van der Waals surface area contributed by atoms with Gasteiger partial charge in [-0.2, -0.15) is 5.10 Å². The summed E-state index contributed by atoms with van der Waals surface area (Å²) < 4.78 is 4.98. The summed E-state index contributed by atoms with van der Waals surface area (Å²) in [6.07, 6.45) is 0. The highest BCUT2D eigenvalue weighted by molar-refractivity contribution is 6.30. The number of anilines is 1. The van der Waals surface area contributed by atoms with Crippen LogP contribution in [0.5, 0.6) is 0 Å². The summed E-state index contributed by atoms with van der Waals surface area (Å²) in [4.78, 5) is 24.5. The minimum absolute atomic E-state index is 0.0454. The van der Waals surface area contributed by atoms with Crippen molar-refractivity contribution in [1.29, 1.82) is 0 Å². The zero-order valence-corrected chi connectivity index (χ0v) is 19.0. The van der Waals surface area contributed by atoms with Gasteiger partial charge in [0.1, 0.15) is 6.54 Å². The lowest BCUT2D eigenvalue weighted by molar-refractivity contribution is -0.117. The molecule has 1 N–H and O–H groups in total. The van der Waals surface area contributed by atoms with E-state index >= 15 is 0 Å². The molecule has 6 nitrogen and oxygen atoms in total. The third kappa shape index (κ3) is 5.59. The van der Waals surface area contributed by atoms with Crippen LogP contribution in [0.15, 0.2) is 84.0 Å². The number of halogens is 1. The third-order valence-corrected chi connectivity index (χ3v) is 5.57. The summed E-state index contributed by atoms with van der Waals surface area (Å²) in [5.74, 6) is -0.528. The lowest BCUT2D eigenvalue weighted by Crippen LogP contribution is -2.29. The highest BCUT2D eigenvalue weighted by Gasteiger charge is 2.30. The lowest BCUT2D eigenvalue weighted by atomic mass is 9.91. The number of amides is 1. The Morgan fingerprint density at radius 2 is 1.73 bits per heavy atom. The molecule has 0 aromatic heterocycles. The Bertz CT molecular complexity index is 1150. The number of hydrogen-bond donors (Lipinski definition) is 1. The SMILES string of the molecule is CCOC(=O)c1ccc(NC(=O)CN2CC(c3ccccc3)C(c3ccc(Cl)cc3)=N2)cc1. The number of nitrogens with one attached hydrogen (secondary N) is 1. The molecule has 0 radical (unpaired) electrons. The van der Waals surface area contributed by atoms with Crippen LogP contribution in [0.3, 0.4) is 0 Å². The van der Waals surface area contributed by atoms with Crippen molar-refractivity contribution in [3.63, 3.8) is 0 Å². The van der Waals surface area contributed by atoms with Gasteiger partial charge >= 0.3 is 5.97 Å². The van der Waals surface area contributed by atoms with E-state index < -0.39 is 0 Å². The number of rotatable bonds is 7. The Morgan fingerprint density at radius 3 is 2.39 bits per heavy atom. The predicted molar refractivity (Wildman–Crippen MR) is 130 cm³/mol. The molecule has 0 saturated heterocycles. The average Bonchev–Trinajstić information content (AvgIpc) is 3.24. The van der Waals surface area contributed by atoms with Crippen molar-refractivity contribution in [2.45, 2.75) is 12.8 Å². The molecule has 4 rings (SSSR count). The molecule has 7 heteroatoms. The molecule has 1 heterocycles. The third-order valence-electron chi connectivity index (χ3n) is 5.32. The first-order valence-corrected chi connectivity index (χ1v) is 11.1. The van der Waals surface area contributed by atoms with Crippen LogP contribution in [0, 0.1) is 0 Å². The van der Waals surface area contributed by atoms with E-state index in [9.17, 15) is 9.59 Å². The highest BCUT2D eigenvalue weighted by atomic mass is 35.5. The number of hydrogen-bond acceptors (Lipinski definition) is 5. The normalized spacial score (nSPS) is 15.2. The van der Waals surface area contributed by atoms with Crippen LogP contribution in [-0.2, 0) is 9.53 Å². The van der Waals surface area contributed by atoms with Gasteiger partial charge in [0.15, 0.2) is 0 Å². The predicted octanol–water partition coefficient (Wildman–Crippen LogP) is 4.96. The molecule has 1 atom stereocenters. The van der Waals surface area contributed by atoms with Crippen molar-refractivity contribution in [1.82, 2.24) is 5.01 Å². The molecule has 0 fully saturated rings. The second kappa shape index (κ2) is 10.3. The smallest absolute Gasteiger partial charge is 0.338 e. The van der Waals surface area contributed by atoms with Gasteiger partial charge in [-0.25, -0.2) is 4.79 Å². The molecule has 33 heavy (non-hydrogen) atoms. The van der Waals surface area contributed by atoms with Crippen LogP contribution >= 0.6 is 11.6 Å². The topological polar surface area (TPSA) is 71.0 Å². The Labute approximate surface area is 197 Å². The van der Waals surface area contributed by atoms with Gasteiger partial charge in [0.05, 0.1) is 17.9 Å². The first-order chi connectivity index (χ1) is 16.0. The summed E-state index contributed by atoms with van der Waals surface area (Å²) in [5.41, 5.74) is 4.07. The Hall–Kier alpha value is -3.64. The number of hydrazone groups is 1. The van der Waals surface area contributed by atoms with Gasteiger partial charge in [-0.15, -0.1) is 0 Å². The fourth-order valence-electron chi connectivity index (χ4n) is 3.76. The van der Waals surface area contributed by atoms with Gasteiger partial charge in [-0.1, -0.05) is 54.1 Å². The maximum atomic E-state index is 12.7. The molecule has 0 saturated carbocycles. The zero-order valence-electron chi connectivity index (χ0n) is 18.2. The van der Waals surface area contributed by atoms with Crippen molar-refractivity contribution >= 4 is 34.9 Å². The molecule has 1 aliphatic heterocycles. The second-order valence-corrected chi connectivity index (χ2v) is 8.08. The molecular weight excluding hydrogens is 438 g/mol. The minimum atomic E-state index is -0.386. The lowest BCUT2D eigenvalue weighted by Gasteiger charge is -2.16. The maximum Gasteiger partial charge on any atom is 0.338 e. The van der Waals surface area contributed by atoms with Crippen molar-refractivity contribution in [2.24, 2.45) is 5.10 Å². The Morgan fingerprint density at radius 1 is 1.03 bits per heavy atom. The average molecular weight is 462 g/mol. The second-order valence-electron chi connectivity index (χ2n) is 7.65. The largest absolute Gasteiger partial charge is 0.462 e. The molecule has 168 valence electrons. The van der Waals surface area contributed by atoms with Crippen molar-refractivity contribution in [2.75, 3.05) is 25.0 Å². The van der Waals surface area contributed by atoms with E-state index in [1.165, 1.54) is 0 Å². The van der Waals surface area contributed by atoms with Crippen molar-refractivity contribution in [3.05, 3.63) is 101 Å². The summed E-state index contributed by atoms with van der Waals surface area (Å²) in [6.45, 7) is 2.78. The van der Waals surface area contributed by atoms with E-state index in [-0.39, 0.29) is 24.3 Å². The van der Waals surface area contributed by atoms with Gasteiger partial charge in [-0.05, 0) is 54.4 Å². The van der Waals surface area contributed by atoms with Gasteiger partial charge in [0, 0.05) is 23.2 Å². The fraction of sp³-hybridized carbons (Fsp3) is 0.192. The number of benzene rings is 3. The van der Waals surface area contributed by atoms with E-state index in [0.29, 0.717) is 29.4 Å². The summed E-state index contributed by atoms with van der Waals surface area (Å²) in [5, 5.41) is 10.1. The molecular formula is C26H24ClN3O3. The number of esters is 1. The van der Waals surface area contributed by atoms with E-state index in [0.717, 1.165) is 16.8 Å². The molecule has 0 spiro atoms. The number of carbonyl (C=O) groups is 2. The standard InChI is InChI=1S/C26H24ClN3O3/c1-2-33-26(32)20-10-14-22(15-11-20)28-24(31)17-30-16-23(18-6-4-3-5-7-18)25(29-30)19-8-12-21(27)13-9-19/h3-15,23H,2,16-17H2,1H3,(H,28,31). The van der Waals surface area contributed by atoms with Crippen molar-refractivity contribution in [3.8, 4) is 0 Å². The first kappa shape index (κ1) is 22.6. The quantitative estimate of drug-likeness (QED) is 0.505. The summed E-state index contributed by atoms with van der Waals surface area (Å²) in [7, 11) is 0. The van der Waals surface area contributed by atoms with Crippen LogP contribution in [-0.4, -0.2) is 42.3 Å². The van der Waals surface area contributed by atoms with E-state index in [4.69, 9.17) is 21.4 Å². The number of carbonyl (C=O) groups excluding carboxylic acids is 2. The molecule has 3 aromatic carbocycles. The molecule has 3 aromatic rings. The van der Waals surface area contributed by atoms with E-state index in [1.54, 1.807) is 36.2 Å². The highest BCUT2D eigenvalue weighted by Crippen LogP contribution is 2.29. The monoisotopic (exact) mass is 461 g/mol. The summed E-state index contributed by atoms with van der Waals surface area (Å²) >= 11 is 6.06. The van der Waals surface area contributed by atoms with Crippen LogP contribution < -0.4 is 5.32 Å². The van der Waals surface area contributed by atoms with Crippen LogP contribution in [0.25, 0.3) is 0 Å². The van der Waals surface area contributed by atoms with Crippen LogP contribution in [0.4, 0.5) is 5.69 Å². The summed E-state index contributed by atoms with van der Waals surface area (Å²) in [6, 6.07) is 24.4. The van der Waals surface area contributed by atoms with Gasteiger partial charge < -0.3 is 10.1 Å². The molecule has 1 unspecified atom stereocenters. The fourth-order valence-corrected chi connectivity index (χ4v) is 3.88. The molecule has 1 amide bonds. The molecule has 0 bridgehead atoms. The first-order valence-electron chi connectivity index (χ1n) is 10.7. The van der Waals surface area contributed by atoms with E-state index in [2.05, 4.69) is 17.4 Å². The zero-order chi connectivity index (χ0) is 23.2. The molecule has 1 aliphatic rings. The number of nitrogens with zero attached hydrogens (tertiary/aromatic N) is 2. The molecule has 0 aliphatic carbocycles. The van der Waals surface area contributed by atoms with Crippen LogP contribution in [0.2, 0.25) is 5.02 Å². The minimum Gasteiger partial charge on any atom is -0.462 e. The van der Waals surface area contributed by atoms with Gasteiger partial charge in [0.2, 0.25) is 5.91 Å².